The first-order valence-corrected chi connectivity index (χ1v) is 4.61. The number of cyclic esters (lactones) is 1. The number of hydrogen-bond acceptors (Lipinski definition) is 3. The highest BCUT2D eigenvalue weighted by Crippen LogP contribution is 2.25. The Hall–Kier alpha value is -2.11. The second kappa shape index (κ2) is 4.04. The zero-order chi connectivity index (χ0) is 12.5. The Balaban J connectivity index is 2.32. The molecule has 1 aliphatic heterocycles. The SMILES string of the molecule is O=C1OC(C(F)(F)F)=NC1=Cc1ccccc1. The van der Waals surface area contributed by atoms with Crippen LogP contribution in [0.4, 0.5) is 13.2 Å². The van der Waals surface area contributed by atoms with E-state index in [0.29, 0.717) is 5.56 Å². The van der Waals surface area contributed by atoms with E-state index in [1.807, 2.05) is 0 Å². The molecule has 17 heavy (non-hydrogen) atoms. The van der Waals surface area contributed by atoms with Crippen LogP contribution in [-0.4, -0.2) is 18.0 Å². The quantitative estimate of drug-likeness (QED) is 0.559. The Labute approximate surface area is 94.2 Å². The fraction of sp³-hybridized carbons (Fsp3) is 0.0909. The van der Waals surface area contributed by atoms with Crippen LogP contribution in [0.2, 0.25) is 0 Å². The summed E-state index contributed by atoms with van der Waals surface area (Å²) in [6.45, 7) is 0. The summed E-state index contributed by atoms with van der Waals surface area (Å²) in [5.41, 5.74) is 0.218. The molecule has 0 fully saturated rings. The van der Waals surface area contributed by atoms with Gasteiger partial charge in [0.05, 0.1) is 0 Å². The van der Waals surface area contributed by atoms with Crippen LogP contribution in [0.15, 0.2) is 41.0 Å². The molecule has 1 aliphatic rings. The molecule has 3 nitrogen and oxygen atoms in total. The van der Waals surface area contributed by atoms with Crippen molar-refractivity contribution in [2.24, 2.45) is 4.99 Å². The van der Waals surface area contributed by atoms with E-state index < -0.39 is 18.0 Å². The van der Waals surface area contributed by atoms with Crippen LogP contribution in [0.3, 0.4) is 0 Å². The van der Waals surface area contributed by atoms with Crippen LogP contribution in [-0.2, 0) is 9.53 Å². The minimum Gasteiger partial charge on any atom is -0.397 e. The lowest BCUT2D eigenvalue weighted by molar-refractivity contribution is -0.134. The van der Waals surface area contributed by atoms with Crippen LogP contribution in [0.1, 0.15) is 5.56 Å². The molecule has 0 N–H and O–H groups in total. The normalized spacial score (nSPS) is 18.2. The van der Waals surface area contributed by atoms with E-state index in [9.17, 15) is 18.0 Å². The summed E-state index contributed by atoms with van der Waals surface area (Å²) >= 11 is 0. The number of carbonyl (C=O) groups excluding carboxylic acids is 1. The van der Waals surface area contributed by atoms with E-state index in [4.69, 9.17) is 0 Å². The predicted octanol–water partition coefficient (Wildman–Crippen LogP) is 2.55. The van der Waals surface area contributed by atoms with Crippen molar-refractivity contribution in [2.45, 2.75) is 6.18 Å². The zero-order valence-corrected chi connectivity index (χ0v) is 8.36. The molecule has 1 aromatic rings. The van der Waals surface area contributed by atoms with Crippen molar-refractivity contribution in [1.82, 2.24) is 0 Å². The fourth-order valence-corrected chi connectivity index (χ4v) is 1.24. The Morgan fingerprint density at radius 1 is 1.18 bits per heavy atom. The molecule has 0 spiro atoms. The number of hydrogen-bond donors (Lipinski definition) is 0. The molecule has 2 rings (SSSR count). The maximum absolute atomic E-state index is 12.2. The largest absolute Gasteiger partial charge is 0.469 e. The van der Waals surface area contributed by atoms with E-state index >= 15 is 0 Å². The van der Waals surface area contributed by atoms with Gasteiger partial charge in [0.25, 0.3) is 0 Å². The molecule has 1 heterocycles. The zero-order valence-electron chi connectivity index (χ0n) is 8.36. The summed E-state index contributed by atoms with van der Waals surface area (Å²) in [6, 6.07) is 8.42. The molecular weight excluding hydrogens is 235 g/mol. The number of aliphatic imine (C=N–C) groups is 1. The van der Waals surface area contributed by atoms with Crippen molar-refractivity contribution >= 4 is 17.9 Å². The second-order valence-corrected chi connectivity index (χ2v) is 3.24. The van der Waals surface area contributed by atoms with Crippen molar-refractivity contribution in [3.8, 4) is 0 Å². The molecule has 0 unspecified atom stereocenters. The van der Waals surface area contributed by atoms with E-state index in [0.717, 1.165) is 0 Å². The van der Waals surface area contributed by atoms with Gasteiger partial charge >= 0.3 is 18.0 Å². The standard InChI is InChI=1S/C11H6F3NO2/c12-11(13,14)10-15-8(9(16)17-10)6-7-4-2-1-3-5-7/h1-6H. The molecule has 0 aromatic heterocycles. The average Bonchev–Trinajstić information content (AvgIpc) is 2.62. The van der Waals surface area contributed by atoms with Gasteiger partial charge in [-0.25, -0.2) is 9.79 Å². The summed E-state index contributed by atoms with van der Waals surface area (Å²) < 4.78 is 40.7. The molecule has 0 saturated heterocycles. The predicted molar refractivity (Wildman–Crippen MR) is 54.0 cm³/mol. The van der Waals surface area contributed by atoms with E-state index in [1.165, 1.54) is 6.08 Å². The molecule has 6 heteroatoms. The smallest absolute Gasteiger partial charge is 0.397 e. The van der Waals surface area contributed by atoms with Gasteiger partial charge in [0.2, 0.25) is 0 Å². The first kappa shape index (κ1) is 11.4. The van der Waals surface area contributed by atoms with Gasteiger partial charge in [-0.2, -0.15) is 13.2 Å². The summed E-state index contributed by atoms with van der Waals surface area (Å²) in [5, 5.41) is 0. The summed E-state index contributed by atoms with van der Waals surface area (Å²) in [7, 11) is 0. The Kier molecular flexibility index (Phi) is 2.71. The summed E-state index contributed by atoms with van der Waals surface area (Å²) in [6.07, 6.45) is -3.51. The van der Waals surface area contributed by atoms with Crippen LogP contribution >= 0.6 is 0 Å². The number of carbonyl (C=O) groups is 1. The van der Waals surface area contributed by atoms with Crippen LogP contribution < -0.4 is 0 Å². The van der Waals surface area contributed by atoms with E-state index in [2.05, 4.69) is 9.73 Å². The molecule has 0 atom stereocenters. The highest BCUT2D eigenvalue weighted by atomic mass is 19.4. The van der Waals surface area contributed by atoms with E-state index in [1.54, 1.807) is 30.3 Å². The van der Waals surface area contributed by atoms with Gasteiger partial charge in [-0.1, -0.05) is 30.3 Å². The minimum atomic E-state index is -4.75. The monoisotopic (exact) mass is 241 g/mol. The Morgan fingerprint density at radius 3 is 2.35 bits per heavy atom. The fourth-order valence-electron chi connectivity index (χ4n) is 1.24. The van der Waals surface area contributed by atoms with E-state index in [-0.39, 0.29) is 5.70 Å². The van der Waals surface area contributed by atoms with Gasteiger partial charge in [0.15, 0.2) is 5.70 Å². The van der Waals surface area contributed by atoms with Crippen LogP contribution in [0, 0.1) is 0 Å². The van der Waals surface area contributed by atoms with Crippen molar-refractivity contribution < 1.29 is 22.7 Å². The van der Waals surface area contributed by atoms with Gasteiger partial charge < -0.3 is 4.74 Å². The number of alkyl halides is 3. The first-order valence-electron chi connectivity index (χ1n) is 4.61. The third-order valence-corrected chi connectivity index (χ3v) is 1.97. The van der Waals surface area contributed by atoms with Crippen molar-refractivity contribution in [3.63, 3.8) is 0 Å². The number of ether oxygens (including phenoxy) is 1. The van der Waals surface area contributed by atoms with Crippen molar-refractivity contribution in [2.75, 3.05) is 0 Å². The third-order valence-electron chi connectivity index (χ3n) is 1.97. The first-order chi connectivity index (χ1) is 7.97. The van der Waals surface area contributed by atoms with Gasteiger partial charge in [-0.3, -0.25) is 0 Å². The molecule has 0 bridgehead atoms. The summed E-state index contributed by atoms with van der Waals surface area (Å²) in [4.78, 5) is 14.2. The summed E-state index contributed by atoms with van der Waals surface area (Å²) in [5.74, 6) is -2.62. The van der Waals surface area contributed by atoms with Gasteiger partial charge in [0.1, 0.15) is 0 Å². The maximum Gasteiger partial charge on any atom is 0.469 e. The van der Waals surface area contributed by atoms with Crippen LogP contribution in [0.5, 0.6) is 0 Å². The minimum absolute atomic E-state index is 0.358. The topological polar surface area (TPSA) is 38.7 Å². The Bertz CT molecular complexity index is 503. The molecule has 0 amide bonds. The molecular formula is C11H6F3NO2. The lowest BCUT2D eigenvalue weighted by atomic mass is 10.2. The molecule has 88 valence electrons. The average molecular weight is 241 g/mol. The number of benzene rings is 1. The highest BCUT2D eigenvalue weighted by Gasteiger charge is 2.44. The maximum atomic E-state index is 12.2. The van der Waals surface area contributed by atoms with Crippen molar-refractivity contribution in [3.05, 3.63) is 41.6 Å². The third kappa shape index (κ3) is 2.52. The lowest BCUT2D eigenvalue weighted by Gasteiger charge is -2.01. The van der Waals surface area contributed by atoms with Gasteiger partial charge in [-0.15, -0.1) is 0 Å². The Morgan fingerprint density at radius 2 is 1.82 bits per heavy atom. The van der Waals surface area contributed by atoms with Gasteiger partial charge in [-0.05, 0) is 11.6 Å². The second-order valence-electron chi connectivity index (χ2n) is 3.24. The van der Waals surface area contributed by atoms with Gasteiger partial charge in [0, 0.05) is 0 Å². The molecule has 1 aromatic carbocycles. The molecule has 0 radical (unpaired) electrons. The number of esters is 1. The molecule has 0 saturated carbocycles. The number of rotatable bonds is 1. The lowest BCUT2D eigenvalue weighted by Crippen LogP contribution is -2.23. The number of nitrogens with zero attached hydrogens (tertiary/aromatic N) is 1. The molecule has 0 aliphatic carbocycles. The number of halogens is 3. The van der Waals surface area contributed by atoms with Crippen molar-refractivity contribution in [1.29, 1.82) is 0 Å². The highest BCUT2D eigenvalue weighted by molar-refractivity contribution is 6.08. The van der Waals surface area contributed by atoms with Crippen LogP contribution in [0.25, 0.3) is 6.08 Å².